The number of likely N-dealkylation sites (tertiary alicyclic amines) is 1. The van der Waals surface area contributed by atoms with Crippen molar-refractivity contribution in [1.29, 1.82) is 0 Å². The van der Waals surface area contributed by atoms with Crippen molar-refractivity contribution in [3.63, 3.8) is 0 Å². The number of nitrogens with zero attached hydrogens (tertiary/aromatic N) is 2. The van der Waals surface area contributed by atoms with Gasteiger partial charge < -0.3 is 19.7 Å². The van der Waals surface area contributed by atoms with Gasteiger partial charge in [0.15, 0.2) is 0 Å². The van der Waals surface area contributed by atoms with Crippen molar-refractivity contribution in [2.75, 3.05) is 26.4 Å². The maximum absolute atomic E-state index is 10.6. The molecule has 0 unspecified atom stereocenters. The molecule has 0 spiro atoms. The summed E-state index contributed by atoms with van der Waals surface area (Å²) in [6.45, 7) is 4.67. The molecule has 34 heavy (non-hydrogen) atoms. The summed E-state index contributed by atoms with van der Waals surface area (Å²) in [6.07, 6.45) is -3.30. The van der Waals surface area contributed by atoms with Crippen molar-refractivity contribution < 1.29 is 55.6 Å². The Kier molecular flexibility index (Phi) is 9.64. The number of rotatable bonds is 5. The van der Waals surface area contributed by atoms with Crippen molar-refractivity contribution in [3.8, 4) is 0 Å². The summed E-state index contributed by atoms with van der Waals surface area (Å²) in [6, 6.07) is 4.69. The van der Waals surface area contributed by atoms with Crippen LogP contribution < -0.4 is 0 Å². The van der Waals surface area contributed by atoms with E-state index in [-0.39, 0.29) is 0 Å². The lowest BCUT2D eigenvalue weighted by atomic mass is 10.0. The van der Waals surface area contributed by atoms with Crippen LogP contribution in [0.25, 0.3) is 0 Å². The number of fused-ring (bicyclic) bond motifs is 1. The molecule has 1 saturated carbocycles. The molecule has 0 amide bonds. The van der Waals surface area contributed by atoms with Crippen LogP contribution in [0, 0.1) is 11.8 Å². The Morgan fingerprint density at radius 2 is 1.68 bits per heavy atom. The van der Waals surface area contributed by atoms with Gasteiger partial charge in [0.2, 0.25) is 0 Å². The number of hydrogen-bond acceptors (Lipinski definition) is 6. The van der Waals surface area contributed by atoms with Gasteiger partial charge in [0.1, 0.15) is 0 Å². The van der Waals surface area contributed by atoms with E-state index < -0.39 is 24.3 Å². The fraction of sp³-hybridized carbons (Fsp3) is 0.650. The number of carbonyl (C=O) groups is 2. The van der Waals surface area contributed by atoms with E-state index in [1.165, 1.54) is 18.4 Å². The van der Waals surface area contributed by atoms with Crippen molar-refractivity contribution in [3.05, 3.63) is 30.1 Å². The Bertz CT molecular complexity index is 779. The summed E-state index contributed by atoms with van der Waals surface area (Å²) < 4.78 is 75.3. The van der Waals surface area contributed by atoms with Crippen molar-refractivity contribution in [2.24, 2.45) is 11.8 Å². The number of carboxylic acids is 2. The first-order chi connectivity index (χ1) is 15.8. The van der Waals surface area contributed by atoms with Crippen LogP contribution in [0.5, 0.6) is 0 Å². The fourth-order valence-corrected chi connectivity index (χ4v) is 3.42. The van der Waals surface area contributed by atoms with Gasteiger partial charge in [-0.05, 0) is 30.4 Å². The second-order valence-corrected chi connectivity index (χ2v) is 7.98. The molecule has 1 aromatic heterocycles. The number of pyridine rings is 1. The van der Waals surface area contributed by atoms with Crippen LogP contribution in [0.15, 0.2) is 24.5 Å². The fourth-order valence-electron chi connectivity index (χ4n) is 3.42. The highest BCUT2D eigenvalue weighted by Crippen LogP contribution is 2.35. The average molecular weight is 502 g/mol. The van der Waals surface area contributed by atoms with Gasteiger partial charge in [-0.25, -0.2) is 9.59 Å². The van der Waals surface area contributed by atoms with Crippen LogP contribution in [0.1, 0.15) is 18.4 Å². The Morgan fingerprint density at radius 1 is 1.09 bits per heavy atom. The summed E-state index contributed by atoms with van der Waals surface area (Å²) in [5, 5.41) is 14.2. The van der Waals surface area contributed by atoms with E-state index in [4.69, 9.17) is 29.3 Å². The summed E-state index contributed by atoms with van der Waals surface area (Å²) in [4.78, 5) is 24.5. The van der Waals surface area contributed by atoms with Crippen LogP contribution in [-0.2, 0) is 25.6 Å². The SMILES string of the molecule is O=C(O)C(F)(F)F.O=C(O)C(F)(F)F.c1cncc(CN2C[C@H](OCC3CC3)[C@H]3COC[C@H]32)c1. The number of carboxylic acid groups (broad SMARTS) is 2. The van der Waals surface area contributed by atoms with Crippen LogP contribution in [0.3, 0.4) is 0 Å². The quantitative estimate of drug-likeness (QED) is 0.592. The molecular weight excluding hydrogens is 478 g/mol. The predicted octanol–water partition coefficient (Wildman–Crippen LogP) is 2.97. The maximum Gasteiger partial charge on any atom is 0.490 e. The third-order valence-corrected chi connectivity index (χ3v) is 5.29. The Morgan fingerprint density at radius 3 is 2.15 bits per heavy atom. The molecule has 3 fully saturated rings. The molecule has 3 atom stereocenters. The minimum absolute atomic E-state index is 0.361. The lowest BCUT2D eigenvalue weighted by Crippen LogP contribution is -2.32. The number of alkyl halides is 6. The first-order valence-electron chi connectivity index (χ1n) is 10.2. The van der Waals surface area contributed by atoms with E-state index in [0.29, 0.717) is 18.1 Å². The molecule has 8 nitrogen and oxygen atoms in total. The highest BCUT2D eigenvalue weighted by atomic mass is 19.4. The van der Waals surface area contributed by atoms with Crippen LogP contribution in [-0.4, -0.2) is 82.9 Å². The van der Waals surface area contributed by atoms with Crippen molar-refractivity contribution in [2.45, 2.75) is 43.9 Å². The highest BCUT2D eigenvalue weighted by Gasteiger charge is 2.46. The molecule has 2 N–H and O–H groups in total. The Labute approximate surface area is 190 Å². The lowest BCUT2D eigenvalue weighted by Gasteiger charge is -2.21. The standard InChI is InChI=1S/C16H22N2O2.2C2HF3O2/c1-2-13(6-17-5-1)7-18-8-16(20-9-12-3-4-12)14-10-19-11-15(14)18;2*3-2(4,5)1(6)7/h1-2,5-6,12,14-16H,3-4,7-11H2;2*(H,6,7)/t14-,15+,16-;;/m0../s1. The van der Waals surface area contributed by atoms with Gasteiger partial charge in [0.25, 0.3) is 0 Å². The molecule has 2 saturated heterocycles. The Hall–Kier alpha value is -2.45. The number of ether oxygens (including phenoxy) is 2. The van der Waals surface area contributed by atoms with Crippen LogP contribution in [0.2, 0.25) is 0 Å². The van der Waals surface area contributed by atoms with Gasteiger partial charge in [0.05, 0.1) is 19.3 Å². The van der Waals surface area contributed by atoms with Gasteiger partial charge in [-0.2, -0.15) is 26.3 Å². The summed E-state index contributed by atoms with van der Waals surface area (Å²) in [7, 11) is 0. The molecule has 1 aliphatic carbocycles. The highest BCUT2D eigenvalue weighted by molar-refractivity contribution is 5.73. The second kappa shape index (κ2) is 11.8. The zero-order valence-electron chi connectivity index (χ0n) is 17.8. The normalized spacial score (nSPS) is 24.4. The van der Waals surface area contributed by atoms with Gasteiger partial charge in [-0.3, -0.25) is 9.88 Å². The van der Waals surface area contributed by atoms with E-state index >= 15 is 0 Å². The lowest BCUT2D eigenvalue weighted by molar-refractivity contribution is -0.193. The third kappa shape index (κ3) is 9.06. The zero-order chi connectivity index (χ0) is 25.5. The van der Waals surface area contributed by atoms with Crippen molar-refractivity contribution >= 4 is 11.9 Å². The number of aromatic nitrogens is 1. The molecule has 0 radical (unpaired) electrons. The number of hydrogen-bond donors (Lipinski definition) is 2. The maximum atomic E-state index is 10.6. The molecule has 2 aliphatic heterocycles. The predicted molar refractivity (Wildman–Crippen MR) is 103 cm³/mol. The second-order valence-electron chi connectivity index (χ2n) is 7.98. The molecule has 0 aromatic carbocycles. The van der Waals surface area contributed by atoms with Gasteiger partial charge >= 0.3 is 24.3 Å². The first-order valence-corrected chi connectivity index (χ1v) is 10.2. The minimum atomic E-state index is -5.08. The van der Waals surface area contributed by atoms with Crippen molar-refractivity contribution in [1.82, 2.24) is 9.88 Å². The molecule has 0 bridgehead atoms. The monoisotopic (exact) mass is 502 g/mol. The summed E-state index contributed by atoms with van der Waals surface area (Å²) in [5.41, 5.74) is 1.28. The van der Waals surface area contributed by atoms with E-state index in [2.05, 4.69) is 16.0 Å². The summed E-state index contributed by atoms with van der Waals surface area (Å²) >= 11 is 0. The van der Waals surface area contributed by atoms with Gasteiger partial charge in [-0.1, -0.05) is 6.07 Å². The Balaban J connectivity index is 0.000000244. The largest absolute Gasteiger partial charge is 0.490 e. The van der Waals surface area contributed by atoms with E-state index in [9.17, 15) is 26.3 Å². The molecular formula is C20H24F6N2O6. The molecule has 14 heteroatoms. The molecule has 3 heterocycles. The van der Waals surface area contributed by atoms with Gasteiger partial charge in [0, 0.05) is 44.0 Å². The van der Waals surface area contributed by atoms with Crippen LogP contribution >= 0.6 is 0 Å². The smallest absolute Gasteiger partial charge is 0.475 e. The zero-order valence-corrected chi connectivity index (χ0v) is 17.8. The average Bonchev–Trinajstić information content (AvgIpc) is 3.33. The number of aliphatic carboxylic acids is 2. The minimum Gasteiger partial charge on any atom is -0.475 e. The number of halogens is 6. The molecule has 4 rings (SSSR count). The van der Waals surface area contributed by atoms with E-state index in [1.54, 1.807) is 0 Å². The van der Waals surface area contributed by atoms with E-state index in [0.717, 1.165) is 38.8 Å². The molecule has 3 aliphatic rings. The van der Waals surface area contributed by atoms with Crippen LogP contribution in [0.4, 0.5) is 26.3 Å². The molecule has 1 aromatic rings. The molecule has 192 valence electrons. The van der Waals surface area contributed by atoms with E-state index in [1.807, 2.05) is 18.5 Å². The summed E-state index contributed by atoms with van der Waals surface area (Å²) in [5.74, 6) is -4.12. The van der Waals surface area contributed by atoms with Gasteiger partial charge in [-0.15, -0.1) is 0 Å². The first kappa shape index (κ1) is 27.8. The third-order valence-electron chi connectivity index (χ3n) is 5.29. The topological polar surface area (TPSA) is 109 Å².